The number of hydrogen-bond acceptors (Lipinski definition) is 4. The Kier molecular flexibility index (Phi) is 6.31. The molecule has 2 aliphatic heterocycles. The molecule has 132 valence electrons. The van der Waals surface area contributed by atoms with Crippen LogP contribution in [0.1, 0.15) is 12.8 Å². The van der Waals surface area contributed by atoms with E-state index in [-0.39, 0.29) is 0 Å². The molecule has 24 heavy (non-hydrogen) atoms. The Hall–Kier alpha value is -0.910. The SMILES string of the molecule is CSCC(=O)N1CCC[C@@H](N2CCN(c3cccc(Cl)c3)CC2)C1. The molecule has 2 heterocycles. The van der Waals surface area contributed by atoms with Gasteiger partial charge in [-0.2, -0.15) is 11.8 Å². The van der Waals surface area contributed by atoms with Gasteiger partial charge in [-0.25, -0.2) is 0 Å². The van der Waals surface area contributed by atoms with E-state index >= 15 is 0 Å². The monoisotopic (exact) mass is 367 g/mol. The van der Waals surface area contributed by atoms with E-state index < -0.39 is 0 Å². The Labute approximate surface area is 154 Å². The minimum Gasteiger partial charge on any atom is -0.369 e. The molecule has 0 spiro atoms. The molecule has 2 saturated heterocycles. The van der Waals surface area contributed by atoms with E-state index in [1.165, 1.54) is 12.1 Å². The maximum absolute atomic E-state index is 12.2. The van der Waals surface area contributed by atoms with Crippen molar-refractivity contribution in [2.75, 3.05) is 56.2 Å². The fourth-order valence-corrected chi connectivity index (χ4v) is 4.33. The van der Waals surface area contributed by atoms with Crippen molar-refractivity contribution in [2.45, 2.75) is 18.9 Å². The third kappa shape index (κ3) is 4.38. The number of anilines is 1. The number of nitrogens with zero attached hydrogens (tertiary/aromatic N) is 3. The number of rotatable bonds is 4. The van der Waals surface area contributed by atoms with E-state index in [4.69, 9.17) is 11.6 Å². The quantitative estimate of drug-likeness (QED) is 0.817. The predicted octanol–water partition coefficient (Wildman–Crippen LogP) is 2.82. The number of piperidine rings is 1. The summed E-state index contributed by atoms with van der Waals surface area (Å²) in [4.78, 5) is 19.2. The molecule has 6 heteroatoms. The van der Waals surface area contributed by atoms with Gasteiger partial charge in [0.1, 0.15) is 0 Å². The Morgan fingerprint density at radius 3 is 2.75 bits per heavy atom. The van der Waals surface area contributed by atoms with Crippen LogP contribution in [-0.2, 0) is 4.79 Å². The number of carbonyl (C=O) groups excluding carboxylic acids is 1. The van der Waals surface area contributed by atoms with Gasteiger partial charge < -0.3 is 9.80 Å². The lowest BCUT2D eigenvalue weighted by atomic mass is 10.0. The van der Waals surface area contributed by atoms with Crippen molar-refractivity contribution in [1.29, 1.82) is 0 Å². The van der Waals surface area contributed by atoms with Crippen molar-refractivity contribution in [3.63, 3.8) is 0 Å². The average molecular weight is 368 g/mol. The lowest BCUT2D eigenvalue weighted by molar-refractivity contribution is -0.130. The highest BCUT2D eigenvalue weighted by Crippen LogP contribution is 2.23. The first kappa shape index (κ1) is 17.9. The molecule has 2 aliphatic rings. The van der Waals surface area contributed by atoms with Crippen LogP contribution in [-0.4, -0.2) is 73.0 Å². The van der Waals surface area contributed by atoms with Gasteiger partial charge in [0, 0.05) is 56.0 Å². The molecule has 0 aliphatic carbocycles. The highest BCUT2D eigenvalue weighted by Gasteiger charge is 2.29. The van der Waals surface area contributed by atoms with E-state index in [9.17, 15) is 4.79 Å². The van der Waals surface area contributed by atoms with Gasteiger partial charge in [0.25, 0.3) is 0 Å². The Morgan fingerprint density at radius 1 is 1.25 bits per heavy atom. The number of thioether (sulfide) groups is 1. The van der Waals surface area contributed by atoms with E-state index in [1.807, 2.05) is 24.5 Å². The average Bonchev–Trinajstić information content (AvgIpc) is 2.62. The molecule has 0 saturated carbocycles. The van der Waals surface area contributed by atoms with Crippen LogP contribution in [0, 0.1) is 0 Å². The van der Waals surface area contributed by atoms with Crippen molar-refractivity contribution < 1.29 is 4.79 Å². The van der Waals surface area contributed by atoms with Gasteiger partial charge >= 0.3 is 0 Å². The topological polar surface area (TPSA) is 26.8 Å². The van der Waals surface area contributed by atoms with Crippen molar-refractivity contribution in [3.05, 3.63) is 29.3 Å². The molecule has 1 amide bonds. The maximum atomic E-state index is 12.2. The molecule has 0 N–H and O–H groups in total. The molecule has 0 bridgehead atoms. The van der Waals surface area contributed by atoms with Crippen LogP contribution < -0.4 is 4.90 Å². The highest BCUT2D eigenvalue weighted by molar-refractivity contribution is 7.99. The summed E-state index contributed by atoms with van der Waals surface area (Å²) >= 11 is 7.73. The van der Waals surface area contributed by atoms with Crippen molar-refractivity contribution in [3.8, 4) is 0 Å². The Balaban J connectivity index is 1.53. The molecule has 1 aromatic rings. The first-order valence-corrected chi connectivity index (χ1v) is 10.5. The number of likely N-dealkylation sites (tertiary alicyclic amines) is 1. The van der Waals surface area contributed by atoms with Crippen molar-refractivity contribution in [1.82, 2.24) is 9.80 Å². The third-order valence-corrected chi connectivity index (χ3v) is 5.79. The second kappa shape index (κ2) is 8.45. The van der Waals surface area contributed by atoms with Gasteiger partial charge in [0.05, 0.1) is 5.75 Å². The number of halogens is 1. The van der Waals surface area contributed by atoms with Crippen LogP contribution in [0.15, 0.2) is 24.3 Å². The Bertz CT molecular complexity index is 563. The van der Waals surface area contributed by atoms with E-state index in [0.29, 0.717) is 17.7 Å². The zero-order valence-electron chi connectivity index (χ0n) is 14.3. The molecule has 1 aromatic carbocycles. The van der Waals surface area contributed by atoms with E-state index in [2.05, 4.69) is 20.8 Å². The van der Waals surface area contributed by atoms with E-state index in [0.717, 1.165) is 50.7 Å². The first-order valence-electron chi connectivity index (χ1n) is 8.68. The van der Waals surface area contributed by atoms with Crippen LogP contribution in [0.3, 0.4) is 0 Å². The molecule has 4 nitrogen and oxygen atoms in total. The fourth-order valence-electron chi connectivity index (χ4n) is 3.71. The van der Waals surface area contributed by atoms with Gasteiger partial charge in [-0.1, -0.05) is 17.7 Å². The second-order valence-electron chi connectivity index (χ2n) is 6.57. The summed E-state index contributed by atoms with van der Waals surface area (Å²) in [5.74, 6) is 0.902. The number of carbonyl (C=O) groups is 1. The molecule has 0 unspecified atom stereocenters. The van der Waals surface area contributed by atoms with E-state index in [1.54, 1.807) is 11.8 Å². The zero-order valence-corrected chi connectivity index (χ0v) is 15.9. The Morgan fingerprint density at radius 2 is 2.04 bits per heavy atom. The lowest BCUT2D eigenvalue weighted by Gasteiger charge is -2.44. The van der Waals surface area contributed by atoms with Gasteiger partial charge in [-0.15, -0.1) is 0 Å². The van der Waals surface area contributed by atoms with Crippen LogP contribution in [0.25, 0.3) is 0 Å². The molecular formula is C18H26ClN3OS. The fraction of sp³-hybridized carbons (Fsp3) is 0.611. The number of hydrogen-bond donors (Lipinski definition) is 0. The van der Waals surface area contributed by atoms with Crippen LogP contribution in [0.2, 0.25) is 5.02 Å². The summed E-state index contributed by atoms with van der Waals surface area (Å²) in [6.45, 7) is 5.99. The van der Waals surface area contributed by atoms with Crippen LogP contribution in [0.5, 0.6) is 0 Å². The van der Waals surface area contributed by atoms with Gasteiger partial charge in [-0.05, 0) is 37.3 Å². The predicted molar refractivity (Wildman–Crippen MR) is 103 cm³/mol. The van der Waals surface area contributed by atoms with Gasteiger partial charge in [-0.3, -0.25) is 9.69 Å². The second-order valence-corrected chi connectivity index (χ2v) is 7.87. The molecule has 1 atom stereocenters. The van der Waals surface area contributed by atoms with Crippen LogP contribution >= 0.6 is 23.4 Å². The normalized spacial score (nSPS) is 22.7. The standard InChI is InChI=1S/C18H26ClN3OS/c1-24-14-18(23)22-7-3-6-17(13-22)21-10-8-20(9-11-21)16-5-2-4-15(19)12-16/h2,4-5,12,17H,3,6-11,13-14H2,1H3/t17-/m1/s1. The molecule has 3 rings (SSSR count). The lowest BCUT2D eigenvalue weighted by Crippen LogP contribution is -2.56. The molecule has 2 fully saturated rings. The number of piperazine rings is 1. The summed E-state index contributed by atoms with van der Waals surface area (Å²) in [5, 5.41) is 0.796. The van der Waals surface area contributed by atoms with Gasteiger partial charge in [0.15, 0.2) is 0 Å². The smallest absolute Gasteiger partial charge is 0.232 e. The minimum absolute atomic E-state index is 0.296. The van der Waals surface area contributed by atoms with Gasteiger partial charge in [0.2, 0.25) is 5.91 Å². The minimum atomic E-state index is 0.296. The summed E-state index contributed by atoms with van der Waals surface area (Å²) < 4.78 is 0. The summed E-state index contributed by atoms with van der Waals surface area (Å²) in [7, 11) is 0. The molecule has 0 radical (unpaired) electrons. The summed E-state index contributed by atoms with van der Waals surface area (Å²) in [6.07, 6.45) is 4.33. The van der Waals surface area contributed by atoms with Crippen molar-refractivity contribution >= 4 is 35.0 Å². The number of amides is 1. The zero-order chi connectivity index (χ0) is 16.9. The highest BCUT2D eigenvalue weighted by atomic mass is 35.5. The molecular weight excluding hydrogens is 342 g/mol. The third-order valence-electron chi connectivity index (χ3n) is 5.02. The summed E-state index contributed by atoms with van der Waals surface area (Å²) in [6, 6.07) is 8.63. The molecule has 0 aromatic heterocycles. The van der Waals surface area contributed by atoms with Crippen LogP contribution in [0.4, 0.5) is 5.69 Å². The maximum Gasteiger partial charge on any atom is 0.232 e. The largest absolute Gasteiger partial charge is 0.369 e. The first-order chi connectivity index (χ1) is 11.7. The summed E-state index contributed by atoms with van der Waals surface area (Å²) in [5.41, 5.74) is 1.21. The number of benzene rings is 1. The van der Waals surface area contributed by atoms with Crippen molar-refractivity contribution in [2.24, 2.45) is 0 Å².